The number of ether oxygens (including phenoxy) is 1. The molecule has 0 aliphatic carbocycles. The second kappa shape index (κ2) is 9.50. The molecule has 0 N–H and O–H groups in total. The van der Waals surface area contributed by atoms with Crippen LogP contribution in [0.15, 0.2) is 78.9 Å². The van der Waals surface area contributed by atoms with Crippen LogP contribution in [0.5, 0.6) is 5.75 Å². The monoisotopic (exact) mass is 438 g/mol. The van der Waals surface area contributed by atoms with Crippen LogP contribution >= 0.6 is 11.6 Å². The highest BCUT2D eigenvalue weighted by Crippen LogP contribution is 2.32. The van der Waals surface area contributed by atoms with E-state index in [1.165, 1.54) is 29.8 Å². The number of carbonyl (C=O) groups excluding carboxylic acids is 1. The maximum absolute atomic E-state index is 13.2. The molecule has 0 radical (unpaired) electrons. The summed E-state index contributed by atoms with van der Waals surface area (Å²) in [4.78, 5) is 16.8. The Balaban J connectivity index is 1.53. The Labute approximate surface area is 186 Å². The van der Waals surface area contributed by atoms with Crippen molar-refractivity contribution in [3.8, 4) is 5.75 Å². The van der Waals surface area contributed by atoms with Crippen LogP contribution in [0, 0.1) is 5.82 Å². The van der Waals surface area contributed by atoms with Crippen LogP contribution in [0.2, 0.25) is 5.02 Å². The van der Waals surface area contributed by atoms with E-state index in [-0.39, 0.29) is 17.8 Å². The lowest BCUT2D eigenvalue weighted by atomic mass is 9.94. The molecule has 1 aliphatic rings. The van der Waals surface area contributed by atoms with Crippen LogP contribution in [-0.4, -0.2) is 42.1 Å². The lowest BCUT2D eigenvalue weighted by molar-refractivity contribution is 0.142. The van der Waals surface area contributed by atoms with Crippen LogP contribution in [0.25, 0.3) is 0 Å². The van der Waals surface area contributed by atoms with Crippen LogP contribution in [0.4, 0.5) is 9.18 Å². The van der Waals surface area contributed by atoms with Crippen molar-refractivity contribution >= 4 is 17.7 Å². The lowest BCUT2D eigenvalue weighted by Gasteiger charge is -2.28. The zero-order valence-electron chi connectivity index (χ0n) is 17.2. The Kier molecular flexibility index (Phi) is 6.54. The second-order valence-electron chi connectivity index (χ2n) is 7.84. The van der Waals surface area contributed by atoms with Crippen molar-refractivity contribution < 1.29 is 13.9 Å². The average molecular weight is 439 g/mol. The first-order valence-electron chi connectivity index (χ1n) is 10.2. The predicted octanol–water partition coefficient (Wildman–Crippen LogP) is 5.58. The van der Waals surface area contributed by atoms with Crippen molar-refractivity contribution in [3.05, 3.63) is 101 Å². The van der Waals surface area contributed by atoms with E-state index < -0.39 is 6.09 Å². The number of carbonyl (C=O) groups is 1. The summed E-state index contributed by atoms with van der Waals surface area (Å²) in [6.45, 7) is 2.34. The van der Waals surface area contributed by atoms with E-state index >= 15 is 0 Å². The van der Waals surface area contributed by atoms with Crippen molar-refractivity contribution in [1.82, 2.24) is 9.80 Å². The third kappa shape index (κ3) is 5.24. The summed E-state index contributed by atoms with van der Waals surface area (Å²) in [5.74, 6) is 0.0653. The molecule has 4 nitrogen and oxygen atoms in total. The third-order valence-electron chi connectivity index (χ3n) is 5.72. The molecule has 0 aromatic heterocycles. The quantitative estimate of drug-likeness (QED) is 0.521. The first-order valence-corrected chi connectivity index (χ1v) is 10.6. The first kappa shape index (κ1) is 21.3. The lowest BCUT2D eigenvalue weighted by Crippen LogP contribution is -2.43. The van der Waals surface area contributed by atoms with Crippen molar-refractivity contribution in [2.75, 3.05) is 20.1 Å². The summed E-state index contributed by atoms with van der Waals surface area (Å²) in [5, 5.41) is 0.684. The molecular formula is C25H24ClFN2O2. The smallest absolute Gasteiger partial charge is 0.410 e. The first-order chi connectivity index (χ1) is 15.0. The number of hydrogen-bond donors (Lipinski definition) is 0. The van der Waals surface area contributed by atoms with Gasteiger partial charge in [0.05, 0.1) is 6.04 Å². The molecule has 4 rings (SSSR count). The molecule has 1 aliphatic heterocycles. The standard InChI is InChI=1S/C25H24ClFN2O2/c1-28(25(30)31-22-13-11-21(27)12-14-22)24-17-29(15-18-5-3-2-4-6-18)16-23(24)19-7-9-20(26)10-8-19/h2-14,23-24H,15-17H2,1H3/t23-,24+/m0/s1. The van der Waals surface area contributed by atoms with Crippen molar-refractivity contribution in [1.29, 1.82) is 0 Å². The van der Waals surface area contributed by atoms with Crippen LogP contribution < -0.4 is 4.74 Å². The molecule has 0 bridgehead atoms. The van der Waals surface area contributed by atoms with Crippen LogP contribution in [0.1, 0.15) is 17.0 Å². The van der Waals surface area contributed by atoms with Gasteiger partial charge in [-0.05, 0) is 47.5 Å². The Morgan fingerprint density at radius 3 is 2.39 bits per heavy atom. The molecular weight excluding hydrogens is 415 g/mol. The van der Waals surface area contributed by atoms with E-state index in [4.69, 9.17) is 16.3 Å². The summed E-state index contributed by atoms with van der Waals surface area (Å²) in [6, 6.07) is 23.5. The number of likely N-dealkylation sites (N-methyl/N-ethyl adjacent to an activating group) is 1. The molecule has 3 aromatic carbocycles. The minimum Gasteiger partial charge on any atom is -0.410 e. The summed E-state index contributed by atoms with van der Waals surface area (Å²) >= 11 is 6.08. The van der Waals surface area contributed by atoms with E-state index in [9.17, 15) is 9.18 Å². The van der Waals surface area contributed by atoms with Crippen LogP contribution in [0.3, 0.4) is 0 Å². The fourth-order valence-corrected chi connectivity index (χ4v) is 4.20. The highest BCUT2D eigenvalue weighted by atomic mass is 35.5. The zero-order valence-corrected chi connectivity index (χ0v) is 18.0. The van der Waals surface area contributed by atoms with E-state index in [0.29, 0.717) is 10.8 Å². The number of nitrogens with zero attached hydrogens (tertiary/aromatic N) is 2. The zero-order chi connectivity index (χ0) is 21.8. The van der Waals surface area contributed by atoms with Gasteiger partial charge in [-0.2, -0.15) is 0 Å². The molecule has 0 unspecified atom stereocenters. The minimum absolute atomic E-state index is 0.0714. The molecule has 1 heterocycles. The summed E-state index contributed by atoms with van der Waals surface area (Å²) in [6.07, 6.45) is -0.461. The molecule has 1 fully saturated rings. The molecule has 0 saturated carbocycles. The fraction of sp³-hybridized carbons (Fsp3) is 0.240. The van der Waals surface area contributed by atoms with Gasteiger partial charge in [-0.15, -0.1) is 0 Å². The van der Waals surface area contributed by atoms with Gasteiger partial charge in [0, 0.05) is 37.6 Å². The molecule has 1 amide bonds. The number of benzene rings is 3. The largest absolute Gasteiger partial charge is 0.415 e. The topological polar surface area (TPSA) is 32.8 Å². The van der Waals surface area contributed by atoms with Crippen molar-refractivity contribution in [3.63, 3.8) is 0 Å². The van der Waals surface area contributed by atoms with Gasteiger partial charge < -0.3 is 9.64 Å². The van der Waals surface area contributed by atoms with Gasteiger partial charge in [-0.25, -0.2) is 9.18 Å². The summed E-state index contributed by atoms with van der Waals surface area (Å²) < 4.78 is 18.6. The number of halogens is 2. The molecule has 0 spiro atoms. The predicted molar refractivity (Wildman–Crippen MR) is 120 cm³/mol. The number of amides is 1. The maximum atomic E-state index is 13.2. The molecule has 2 atom stereocenters. The van der Waals surface area contributed by atoms with E-state index in [1.54, 1.807) is 11.9 Å². The van der Waals surface area contributed by atoms with Crippen molar-refractivity contribution in [2.45, 2.75) is 18.5 Å². The van der Waals surface area contributed by atoms with Gasteiger partial charge in [0.2, 0.25) is 0 Å². The molecule has 3 aromatic rings. The Morgan fingerprint density at radius 1 is 1.03 bits per heavy atom. The average Bonchev–Trinajstić information content (AvgIpc) is 3.19. The number of rotatable bonds is 5. The Bertz CT molecular complexity index is 1010. The highest BCUT2D eigenvalue weighted by molar-refractivity contribution is 6.30. The number of likely N-dealkylation sites (tertiary alicyclic amines) is 1. The van der Waals surface area contributed by atoms with Gasteiger partial charge >= 0.3 is 6.09 Å². The maximum Gasteiger partial charge on any atom is 0.415 e. The van der Waals surface area contributed by atoms with Gasteiger partial charge in [0.1, 0.15) is 11.6 Å². The van der Waals surface area contributed by atoms with Gasteiger partial charge in [-0.3, -0.25) is 4.90 Å². The third-order valence-corrected chi connectivity index (χ3v) is 5.97. The SMILES string of the molecule is CN(C(=O)Oc1ccc(F)cc1)[C@@H]1CN(Cc2ccccc2)C[C@H]1c1ccc(Cl)cc1. The Morgan fingerprint density at radius 2 is 1.71 bits per heavy atom. The van der Waals surface area contributed by atoms with Gasteiger partial charge in [-0.1, -0.05) is 54.1 Å². The molecule has 1 saturated heterocycles. The highest BCUT2D eigenvalue weighted by Gasteiger charge is 2.38. The normalized spacial score (nSPS) is 18.7. The van der Waals surface area contributed by atoms with Gasteiger partial charge in [0.25, 0.3) is 0 Å². The van der Waals surface area contributed by atoms with E-state index in [0.717, 1.165) is 25.2 Å². The molecule has 160 valence electrons. The fourth-order valence-electron chi connectivity index (χ4n) is 4.08. The summed E-state index contributed by atoms with van der Waals surface area (Å²) in [5.41, 5.74) is 2.36. The summed E-state index contributed by atoms with van der Waals surface area (Å²) in [7, 11) is 1.76. The molecule has 6 heteroatoms. The second-order valence-corrected chi connectivity index (χ2v) is 8.27. The van der Waals surface area contributed by atoms with Crippen LogP contribution in [-0.2, 0) is 6.54 Å². The number of hydrogen-bond acceptors (Lipinski definition) is 3. The van der Waals surface area contributed by atoms with Crippen molar-refractivity contribution in [2.24, 2.45) is 0 Å². The van der Waals surface area contributed by atoms with E-state index in [2.05, 4.69) is 17.0 Å². The Hall–Kier alpha value is -2.89. The van der Waals surface area contributed by atoms with Gasteiger partial charge in [0.15, 0.2) is 0 Å². The van der Waals surface area contributed by atoms with E-state index in [1.807, 2.05) is 42.5 Å². The minimum atomic E-state index is -0.461. The molecule has 31 heavy (non-hydrogen) atoms.